The molecule has 2 unspecified atom stereocenters. The van der Waals surface area contributed by atoms with Crippen molar-refractivity contribution in [2.24, 2.45) is 0 Å². The normalized spacial score (nSPS) is 20.3. The Hall–Kier alpha value is -0.860. The topological polar surface area (TPSA) is 0 Å². The van der Waals surface area contributed by atoms with Gasteiger partial charge in [-0.15, -0.1) is 25.3 Å². The lowest BCUT2D eigenvalue weighted by Crippen LogP contribution is -2.06. The van der Waals surface area contributed by atoms with Crippen LogP contribution in [0.15, 0.2) is 28.0 Å². The summed E-state index contributed by atoms with van der Waals surface area (Å²) in [6.45, 7) is 11.1. The average molecular weight is 329 g/mol. The minimum Gasteiger partial charge on any atom is -0.143 e. The Morgan fingerprint density at radius 1 is 0.864 bits per heavy atom. The third-order valence-electron chi connectivity index (χ3n) is 5.32. The van der Waals surface area contributed by atoms with E-state index in [-0.39, 0.29) is 0 Å². The number of fused-ring (bicyclic) bond motifs is 1. The first-order valence-electron chi connectivity index (χ1n) is 7.95. The van der Waals surface area contributed by atoms with Crippen LogP contribution < -0.4 is 0 Å². The van der Waals surface area contributed by atoms with E-state index in [1.807, 2.05) is 0 Å². The minimum atomic E-state index is 0.475. The standard InChI is InChI=1S/C20H24S2/c1-10-6-7-15-16(8-10)11(2)9-17(15)18-12(3)19(21)14(5)20(22)13(18)4/h6-8,11,17,21-22H,9H2,1-5H3. The Labute approximate surface area is 145 Å². The van der Waals surface area contributed by atoms with Crippen LogP contribution in [0.2, 0.25) is 0 Å². The molecule has 0 spiro atoms. The summed E-state index contributed by atoms with van der Waals surface area (Å²) in [5, 5.41) is 0. The largest absolute Gasteiger partial charge is 0.143 e. The van der Waals surface area contributed by atoms with Crippen molar-refractivity contribution in [3.8, 4) is 0 Å². The quantitative estimate of drug-likeness (QED) is 0.577. The first-order chi connectivity index (χ1) is 10.3. The van der Waals surface area contributed by atoms with Gasteiger partial charge in [-0.2, -0.15) is 0 Å². The molecule has 0 nitrogen and oxygen atoms in total. The van der Waals surface area contributed by atoms with Gasteiger partial charge in [0.2, 0.25) is 0 Å². The Morgan fingerprint density at radius 3 is 2.05 bits per heavy atom. The van der Waals surface area contributed by atoms with Crippen molar-refractivity contribution in [3.63, 3.8) is 0 Å². The molecule has 1 aliphatic carbocycles. The lowest BCUT2D eigenvalue weighted by molar-refractivity contribution is 0.677. The van der Waals surface area contributed by atoms with Gasteiger partial charge in [-0.05, 0) is 73.4 Å². The highest BCUT2D eigenvalue weighted by Gasteiger charge is 2.32. The molecule has 2 aromatic carbocycles. The van der Waals surface area contributed by atoms with Crippen LogP contribution in [-0.4, -0.2) is 0 Å². The van der Waals surface area contributed by atoms with Gasteiger partial charge < -0.3 is 0 Å². The van der Waals surface area contributed by atoms with E-state index in [0.29, 0.717) is 11.8 Å². The van der Waals surface area contributed by atoms with Gasteiger partial charge in [-0.3, -0.25) is 0 Å². The maximum atomic E-state index is 4.75. The smallest absolute Gasteiger partial charge is 0.0113 e. The molecule has 2 aromatic rings. The van der Waals surface area contributed by atoms with Crippen LogP contribution in [0.5, 0.6) is 0 Å². The lowest BCUT2D eigenvalue weighted by atomic mass is 9.85. The van der Waals surface area contributed by atoms with E-state index >= 15 is 0 Å². The van der Waals surface area contributed by atoms with E-state index in [4.69, 9.17) is 25.3 Å². The molecule has 2 atom stereocenters. The van der Waals surface area contributed by atoms with Crippen molar-refractivity contribution in [1.29, 1.82) is 0 Å². The highest BCUT2D eigenvalue weighted by atomic mass is 32.1. The van der Waals surface area contributed by atoms with Crippen LogP contribution in [0.25, 0.3) is 0 Å². The van der Waals surface area contributed by atoms with E-state index in [1.54, 1.807) is 0 Å². The highest BCUT2D eigenvalue weighted by Crippen LogP contribution is 2.49. The molecule has 0 heterocycles. The second-order valence-corrected chi connectivity index (χ2v) is 7.70. The monoisotopic (exact) mass is 328 g/mol. The predicted octanol–water partition coefficient (Wildman–Crippen LogP) is 6.14. The molecular formula is C20H24S2. The van der Waals surface area contributed by atoms with Crippen LogP contribution in [0.1, 0.15) is 64.1 Å². The SMILES string of the molecule is Cc1ccc2c(c1)C(C)CC2c1c(C)c(S)c(C)c(S)c1C. The van der Waals surface area contributed by atoms with Gasteiger partial charge in [0.15, 0.2) is 0 Å². The molecule has 0 amide bonds. The van der Waals surface area contributed by atoms with E-state index < -0.39 is 0 Å². The number of benzene rings is 2. The molecule has 0 N–H and O–H groups in total. The molecule has 0 radical (unpaired) electrons. The van der Waals surface area contributed by atoms with Crippen LogP contribution >= 0.6 is 25.3 Å². The zero-order chi connectivity index (χ0) is 16.2. The Bertz CT molecular complexity index is 730. The summed E-state index contributed by atoms with van der Waals surface area (Å²) in [5.74, 6) is 1.09. The molecular weight excluding hydrogens is 304 g/mol. The fourth-order valence-corrected chi connectivity index (χ4v) is 4.61. The third kappa shape index (κ3) is 2.32. The lowest BCUT2D eigenvalue weighted by Gasteiger charge is -2.23. The highest BCUT2D eigenvalue weighted by molar-refractivity contribution is 7.81. The Morgan fingerprint density at radius 2 is 1.45 bits per heavy atom. The van der Waals surface area contributed by atoms with Crippen LogP contribution in [0.3, 0.4) is 0 Å². The first-order valence-corrected chi connectivity index (χ1v) is 8.84. The number of aryl methyl sites for hydroxylation is 1. The molecule has 0 fully saturated rings. The predicted molar refractivity (Wildman–Crippen MR) is 101 cm³/mol. The molecule has 0 bridgehead atoms. The molecule has 0 aromatic heterocycles. The fourth-order valence-electron chi connectivity index (χ4n) is 4.05. The van der Waals surface area contributed by atoms with Crippen molar-refractivity contribution in [1.82, 2.24) is 0 Å². The summed E-state index contributed by atoms with van der Waals surface area (Å²) in [7, 11) is 0. The molecule has 1 aliphatic rings. The minimum absolute atomic E-state index is 0.475. The van der Waals surface area contributed by atoms with Gasteiger partial charge in [-0.1, -0.05) is 30.7 Å². The summed E-state index contributed by atoms with van der Waals surface area (Å²) in [4.78, 5) is 2.19. The van der Waals surface area contributed by atoms with E-state index in [0.717, 1.165) is 9.79 Å². The number of hydrogen-bond donors (Lipinski definition) is 2. The van der Waals surface area contributed by atoms with Crippen molar-refractivity contribution in [2.75, 3.05) is 0 Å². The summed E-state index contributed by atoms with van der Waals surface area (Å²) in [6, 6.07) is 6.93. The molecule has 22 heavy (non-hydrogen) atoms. The molecule has 0 saturated carbocycles. The van der Waals surface area contributed by atoms with E-state index in [2.05, 4.69) is 52.8 Å². The van der Waals surface area contributed by atoms with Crippen LogP contribution in [0, 0.1) is 27.7 Å². The summed E-state index contributed by atoms with van der Waals surface area (Å²) in [6.07, 6.45) is 1.18. The van der Waals surface area contributed by atoms with Gasteiger partial charge in [0.25, 0.3) is 0 Å². The van der Waals surface area contributed by atoms with Gasteiger partial charge >= 0.3 is 0 Å². The van der Waals surface area contributed by atoms with E-state index in [9.17, 15) is 0 Å². The zero-order valence-electron chi connectivity index (χ0n) is 14.0. The van der Waals surface area contributed by atoms with Crippen molar-refractivity contribution >= 4 is 25.3 Å². The first kappa shape index (κ1) is 16.0. The molecule has 116 valence electrons. The van der Waals surface area contributed by atoms with Crippen molar-refractivity contribution in [2.45, 2.75) is 62.7 Å². The van der Waals surface area contributed by atoms with E-state index in [1.165, 1.54) is 45.4 Å². The Balaban J connectivity index is 2.23. The molecule has 0 aliphatic heterocycles. The van der Waals surface area contributed by atoms with Gasteiger partial charge in [0.1, 0.15) is 0 Å². The molecule has 3 rings (SSSR count). The summed E-state index contributed by atoms with van der Waals surface area (Å²) >= 11 is 9.50. The summed E-state index contributed by atoms with van der Waals surface area (Å²) < 4.78 is 0. The average Bonchev–Trinajstić information content (AvgIpc) is 2.80. The maximum absolute atomic E-state index is 4.75. The zero-order valence-corrected chi connectivity index (χ0v) is 15.8. The number of thiol groups is 2. The third-order valence-corrected chi connectivity index (χ3v) is 6.66. The van der Waals surface area contributed by atoms with Crippen molar-refractivity contribution in [3.05, 3.63) is 57.1 Å². The van der Waals surface area contributed by atoms with Gasteiger partial charge in [0, 0.05) is 15.7 Å². The maximum Gasteiger partial charge on any atom is 0.0113 e. The number of rotatable bonds is 1. The Kier molecular flexibility index (Phi) is 4.11. The summed E-state index contributed by atoms with van der Waals surface area (Å²) in [5.41, 5.74) is 9.65. The second kappa shape index (κ2) is 5.65. The van der Waals surface area contributed by atoms with Gasteiger partial charge in [0.05, 0.1) is 0 Å². The molecule has 2 heteroatoms. The molecule has 0 saturated heterocycles. The van der Waals surface area contributed by atoms with Crippen LogP contribution in [0.4, 0.5) is 0 Å². The number of hydrogen-bond acceptors (Lipinski definition) is 2. The van der Waals surface area contributed by atoms with Gasteiger partial charge in [-0.25, -0.2) is 0 Å². The second-order valence-electron chi connectivity index (χ2n) is 6.81. The van der Waals surface area contributed by atoms with Crippen LogP contribution in [-0.2, 0) is 0 Å². The fraction of sp³-hybridized carbons (Fsp3) is 0.400. The van der Waals surface area contributed by atoms with Crippen molar-refractivity contribution < 1.29 is 0 Å².